The first-order valence-electron chi connectivity index (χ1n) is 7.52. The summed E-state index contributed by atoms with van der Waals surface area (Å²) in [6.45, 7) is 7.91. The standard InChI is InChI=1S/C17H24N2O2/c1-3-10-19(12-15(20)4-2)13-16-11-17(18-21-16)14-8-6-5-7-9-14/h3,5-9,15-16,20H,1,4,10-13H2,2H3. The molecule has 2 rings (SSSR count). The fraction of sp³-hybridized carbons (Fsp3) is 0.471. The zero-order valence-electron chi connectivity index (χ0n) is 12.6. The third-order valence-electron chi connectivity index (χ3n) is 3.63. The molecule has 1 aliphatic rings. The maximum atomic E-state index is 9.81. The van der Waals surface area contributed by atoms with Crippen LogP contribution in [-0.2, 0) is 4.84 Å². The molecule has 0 saturated carbocycles. The Kier molecular flexibility index (Phi) is 5.96. The van der Waals surface area contributed by atoms with E-state index >= 15 is 0 Å². The van der Waals surface area contributed by atoms with E-state index in [1.807, 2.05) is 43.3 Å². The summed E-state index contributed by atoms with van der Waals surface area (Å²) in [5, 5.41) is 14.0. The molecule has 4 nitrogen and oxygen atoms in total. The first-order valence-corrected chi connectivity index (χ1v) is 7.52. The van der Waals surface area contributed by atoms with Crippen molar-refractivity contribution in [2.75, 3.05) is 19.6 Å². The molecule has 0 radical (unpaired) electrons. The Morgan fingerprint density at radius 2 is 2.24 bits per heavy atom. The van der Waals surface area contributed by atoms with Gasteiger partial charge in [-0.25, -0.2) is 0 Å². The molecule has 1 aromatic carbocycles. The maximum Gasteiger partial charge on any atom is 0.145 e. The molecule has 0 bridgehead atoms. The first kappa shape index (κ1) is 15.7. The quantitative estimate of drug-likeness (QED) is 0.747. The smallest absolute Gasteiger partial charge is 0.145 e. The molecule has 114 valence electrons. The van der Waals surface area contributed by atoms with E-state index in [4.69, 9.17) is 4.84 Å². The molecule has 0 spiro atoms. The highest BCUT2D eigenvalue weighted by molar-refractivity contribution is 6.01. The van der Waals surface area contributed by atoms with Gasteiger partial charge in [0.15, 0.2) is 0 Å². The number of aliphatic hydroxyl groups is 1. The molecule has 4 heteroatoms. The van der Waals surface area contributed by atoms with Crippen LogP contribution in [0.4, 0.5) is 0 Å². The fourth-order valence-corrected chi connectivity index (χ4v) is 2.45. The lowest BCUT2D eigenvalue weighted by molar-refractivity contribution is 0.0386. The predicted octanol–water partition coefficient (Wildman–Crippen LogP) is 2.44. The molecule has 0 saturated heterocycles. The van der Waals surface area contributed by atoms with Crippen molar-refractivity contribution >= 4 is 5.71 Å². The van der Waals surface area contributed by atoms with Gasteiger partial charge in [-0.1, -0.05) is 48.5 Å². The number of rotatable bonds is 8. The molecule has 2 unspecified atom stereocenters. The van der Waals surface area contributed by atoms with Crippen LogP contribution in [0.5, 0.6) is 0 Å². The molecule has 0 fully saturated rings. The van der Waals surface area contributed by atoms with Crippen LogP contribution in [0.25, 0.3) is 0 Å². The van der Waals surface area contributed by atoms with Crippen LogP contribution in [0.15, 0.2) is 48.1 Å². The van der Waals surface area contributed by atoms with Gasteiger partial charge in [-0.3, -0.25) is 4.90 Å². The van der Waals surface area contributed by atoms with Gasteiger partial charge in [0, 0.05) is 26.1 Å². The topological polar surface area (TPSA) is 45.1 Å². The molecule has 1 N–H and O–H groups in total. The lowest BCUT2D eigenvalue weighted by atomic mass is 10.0. The Hall–Kier alpha value is -1.65. The van der Waals surface area contributed by atoms with Crippen molar-refractivity contribution in [3.63, 3.8) is 0 Å². The van der Waals surface area contributed by atoms with Gasteiger partial charge < -0.3 is 9.94 Å². The van der Waals surface area contributed by atoms with E-state index in [2.05, 4.69) is 16.6 Å². The summed E-state index contributed by atoms with van der Waals surface area (Å²) in [5.74, 6) is 0. The Bertz CT molecular complexity index is 473. The molecule has 0 aliphatic carbocycles. The maximum absolute atomic E-state index is 9.81. The summed E-state index contributed by atoms with van der Waals surface area (Å²) in [6, 6.07) is 10.1. The summed E-state index contributed by atoms with van der Waals surface area (Å²) in [5.41, 5.74) is 2.11. The highest BCUT2D eigenvalue weighted by Crippen LogP contribution is 2.17. The minimum atomic E-state index is -0.305. The lowest BCUT2D eigenvalue weighted by Gasteiger charge is -2.25. The molecule has 1 aromatic rings. The number of hydrogen-bond acceptors (Lipinski definition) is 4. The third-order valence-corrected chi connectivity index (χ3v) is 3.63. The zero-order chi connectivity index (χ0) is 15.1. The van der Waals surface area contributed by atoms with Crippen LogP contribution in [0.3, 0.4) is 0 Å². The fourth-order valence-electron chi connectivity index (χ4n) is 2.45. The Morgan fingerprint density at radius 1 is 1.48 bits per heavy atom. The van der Waals surface area contributed by atoms with Crippen LogP contribution >= 0.6 is 0 Å². The SMILES string of the molecule is C=CCN(CC(O)CC)CC1CC(c2ccccc2)=NO1. The van der Waals surface area contributed by atoms with E-state index in [0.29, 0.717) is 6.54 Å². The molecule has 0 amide bonds. The summed E-state index contributed by atoms with van der Waals surface area (Å²) < 4.78 is 0. The summed E-state index contributed by atoms with van der Waals surface area (Å²) in [6.07, 6.45) is 3.16. The molecular weight excluding hydrogens is 264 g/mol. The van der Waals surface area contributed by atoms with E-state index in [-0.39, 0.29) is 12.2 Å². The highest BCUT2D eigenvalue weighted by Gasteiger charge is 2.24. The molecule has 2 atom stereocenters. The largest absolute Gasteiger partial charge is 0.392 e. The van der Waals surface area contributed by atoms with E-state index in [1.54, 1.807) is 0 Å². The van der Waals surface area contributed by atoms with Gasteiger partial charge in [-0.2, -0.15) is 0 Å². The minimum absolute atomic E-state index is 0.0456. The third kappa shape index (κ3) is 4.69. The van der Waals surface area contributed by atoms with E-state index in [1.165, 1.54) is 0 Å². The van der Waals surface area contributed by atoms with Crippen molar-refractivity contribution in [2.45, 2.75) is 32.0 Å². The second kappa shape index (κ2) is 7.96. The average Bonchev–Trinajstić information content (AvgIpc) is 2.97. The minimum Gasteiger partial charge on any atom is -0.392 e. The number of nitrogens with zero attached hydrogens (tertiary/aromatic N) is 2. The van der Waals surface area contributed by atoms with Crippen molar-refractivity contribution in [2.24, 2.45) is 5.16 Å². The summed E-state index contributed by atoms with van der Waals surface area (Å²) >= 11 is 0. The highest BCUT2D eigenvalue weighted by atomic mass is 16.6. The molecule has 0 aromatic heterocycles. The van der Waals surface area contributed by atoms with Crippen molar-refractivity contribution < 1.29 is 9.94 Å². The number of oxime groups is 1. The van der Waals surface area contributed by atoms with Crippen LogP contribution in [0.2, 0.25) is 0 Å². The van der Waals surface area contributed by atoms with Gasteiger partial charge >= 0.3 is 0 Å². The number of hydrogen-bond donors (Lipinski definition) is 1. The predicted molar refractivity (Wildman–Crippen MR) is 85.4 cm³/mol. The van der Waals surface area contributed by atoms with Crippen LogP contribution < -0.4 is 0 Å². The Labute approximate surface area is 126 Å². The molecule has 1 aliphatic heterocycles. The van der Waals surface area contributed by atoms with Crippen molar-refractivity contribution in [1.29, 1.82) is 0 Å². The number of benzene rings is 1. The normalized spacial score (nSPS) is 19.2. The lowest BCUT2D eigenvalue weighted by Crippen LogP contribution is -2.38. The van der Waals surface area contributed by atoms with Gasteiger partial charge in [0.1, 0.15) is 6.10 Å². The second-order valence-electron chi connectivity index (χ2n) is 5.40. The zero-order valence-corrected chi connectivity index (χ0v) is 12.6. The average molecular weight is 288 g/mol. The van der Waals surface area contributed by atoms with Crippen LogP contribution in [-0.4, -0.2) is 47.6 Å². The molecular formula is C17H24N2O2. The summed E-state index contributed by atoms with van der Waals surface area (Å²) in [7, 11) is 0. The monoisotopic (exact) mass is 288 g/mol. The van der Waals surface area contributed by atoms with E-state index < -0.39 is 0 Å². The first-order chi connectivity index (χ1) is 10.2. The van der Waals surface area contributed by atoms with Crippen molar-refractivity contribution in [3.05, 3.63) is 48.6 Å². The second-order valence-corrected chi connectivity index (χ2v) is 5.40. The van der Waals surface area contributed by atoms with Crippen LogP contribution in [0.1, 0.15) is 25.3 Å². The van der Waals surface area contributed by atoms with Gasteiger partial charge in [-0.15, -0.1) is 6.58 Å². The molecule has 21 heavy (non-hydrogen) atoms. The van der Waals surface area contributed by atoms with E-state index in [0.717, 1.165) is 37.2 Å². The Morgan fingerprint density at radius 3 is 2.90 bits per heavy atom. The van der Waals surface area contributed by atoms with Crippen molar-refractivity contribution in [3.8, 4) is 0 Å². The number of aliphatic hydroxyl groups excluding tert-OH is 1. The van der Waals surface area contributed by atoms with E-state index in [9.17, 15) is 5.11 Å². The van der Waals surface area contributed by atoms with Crippen LogP contribution in [0, 0.1) is 0 Å². The van der Waals surface area contributed by atoms with Gasteiger partial charge in [0.25, 0.3) is 0 Å². The summed E-state index contributed by atoms with van der Waals surface area (Å²) in [4.78, 5) is 7.70. The van der Waals surface area contributed by atoms with Gasteiger partial charge in [-0.05, 0) is 12.0 Å². The van der Waals surface area contributed by atoms with Gasteiger partial charge in [0.2, 0.25) is 0 Å². The molecule has 1 heterocycles. The van der Waals surface area contributed by atoms with Gasteiger partial charge in [0.05, 0.1) is 11.8 Å². The Balaban J connectivity index is 1.88. The van der Waals surface area contributed by atoms with Crippen molar-refractivity contribution in [1.82, 2.24) is 4.90 Å².